The lowest BCUT2D eigenvalue weighted by Gasteiger charge is -2.07. The fourth-order valence-electron chi connectivity index (χ4n) is 1.37. The van der Waals surface area contributed by atoms with Gasteiger partial charge in [-0.05, 0) is 42.5 Å². The van der Waals surface area contributed by atoms with Crippen LogP contribution in [0.4, 0.5) is 0 Å². The van der Waals surface area contributed by atoms with E-state index in [1.54, 1.807) is 25.3 Å². The maximum atomic E-state index is 5.88. The first-order valence-electron chi connectivity index (χ1n) is 4.95. The lowest BCUT2D eigenvalue weighted by atomic mass is 10.3. The molecule has 0 aliphatic rings. The Balaban J connectivity index is 2.19. The molecule has 0 N–H and O–H groups in total. The van der Waals surface area contributed by atoms with E-state index >= 15 is 0 Å². The number of methoxy groups -OCH3 is 1. The Morgan fingerprint density at radius 2 is 1.29 bits per heavy atom. The number of hydrogen-bond donors (Lipinski definition) is 0. The van der Waals surface area contributed by atoms with Gasteiger partial charge in [0.25, 0.3) is 0 Å². The van der Waals surface area contributed by atoms with Gasteiger partial charge in [-0.3, -0.25) is 0 Å². The summed E-state index contributed by atoms with van der Waals surface area (Å²) < 4.78 is 10.7. The van der Waals surface area contributed by atoms with Gasteiger partial charge in [-0.2, -0.15) is 0 Å². The molecule has 0 aliphatic carbocycles. The van der Waals surface area contributed by atoms with E-state index in [1.807, 2.05) is 24.3 Å². The number of hydrogen-bond acceptors (Lipinski definition) is 2. The number of ether oxygens (including phenoxy) is 2. The van der Waals surface area contributed by atoms with E-state index in [0.29, 0.717) is 21.5 Å². The second-order valence-electron chi connectivity index (χ2n) is 3.38. The molecule has 88 valence electrons. The first-order chi connectivity index (χ1) is 8.17. The van der Waals surface area contributed by atoms with Gasteiger partial charge in [-0.25, -0.2) is 0 Å². The third-order valence-electron chi connectivity index (χ3n) is 2.13. The van der Waals surface area contributed by atoms with Crippen molar-refractivity contribution in [1.82, 2.24) is 0 Å². The molecule has 2 rings (SSSR count). The first-order valence-corrected chi connectivity index (χ1v) is 5.71. The van der Waals surface area contributed by atoms with Crippen LogP contribution in [0.25, 0.3) is 0 Å². The number of benzene rings is 2. The zero-order chi connectivity index (χ0) is 12.3. The molecule has 2 nitrogen and oxygen atoms in total. The van der Waals surface area contributed by atoms with Crippen molar-refractivity contribution in [1.29, 1.82) is 0 Å². The van der Waals surface area contributed by atoms with Crippen molar-refractivity contribution in [3.05, 3.63) is 52.5 Å². The molecule has 0 aromatic heterocycles. The smallest absolute Gasteiger partial charge is 0.130 e. The van der Waals surface area contributed by atoms with Gasteiger partial charge < -0.3 is 9.47 Å². The van der Waals surface area contributed by atoms with Crippen LogP contribution in [-0.2, 0) is 0 Å². The fraction of sp³-hybridized carbons (Fsp3) is 0.0769. The van der Waals surface area contributed by atoms with Crippen LogP contribution < -0.4 is 9.47 Å². The zero-order valence-electron chi connectivity index (χ0n) is 9.11. The lowest BCUT2D eigenvalue weighted by Crippen LogP contribution is -1.86. The highest BCUT2D eigenvalue weighted by Gasteiger charge is 2.01. The highest BCUT2D eigenvalue weighted by Crippen LogP contribution is 2.29. The van der Waals surface area contributed by atoms with E-state index in [9.17, 15) is 0 Å². The second kappa shape index (κ2) is 5.30. The Morgan fingerprint density at radius 1 is 0.765 bits per heavy atom. The van der Waals surface area contributed by atoms with Gasteiger partial charge in [0, 0.05) is 10.0 Å². The van der Waals surface area contributed by atoms with E-state index in [-0.39, 0.29) is 0 Å². The predicted molar refractivity (Wildman–Crippen MR) is 69.5 cm³/mol. The first kappa shape index (κ1) is 12.1. The van der Waals surface area contributed by atoms with E-state index < -0.39 is 0 Å². The highest BCUT2D eigenvalue weighted by atomic mass is 35.5. The van der Waals surface area contributed by atoms with Crippen LogP contribution in [-0.4, -0.2) is 7.11 Å². The third kappa shape index (κ3) is 3.29. The molecule has 0 amide bonds. The van der Waals surface area contributed by atoms with Crippen LogP contribution in [0.5, 0.6) is 17.2 Å². The Morgan fingerprint density at radius 3 is 1.82 bits per heavy atom. The van der Waals surface area contributed by atoms with Gasteiger partial charge >= 0.3 is 0 Å². The Bertz CT molecular complexity index is 489. The molecule has 0 saturated heterocycles. The van der Waals surface area contributed by atoms with Gasteiger partial charge in [-0.15, -0.1) is 0 Å². The van der Waals surface area contributed by atoms with Crippen molar-refractivity contribution in [3.63, 3.8) is 0 Å². The molecular formula is C13H10Cl2O2. The van der Waals surface area contributed by atoms with Gasteiger partial charge in [0.1, 0.15) is 17.2 Å². The van der Waals surface area contributed by atoms with E-state index in [2.05, 4.69) is 0 Å². The molecule has 0 fully saturated rings. The Labute approximate surface area is 110 Å². The zero-order valence-corrected chi connectivity index (χ0v) is 10.6. The van der Waals surface area contributed by atoms with Crippen molar-refractivity contribution < 1.29 is 9.47 Å². The van der Waals surface area contributed by atoms with Gasteiger partial charge in [0.05, 0.1) is 7.11 Å². The van der Waals surface area contributed by atoms with Crippen molar-refractivity contribution >= 4 is 23.2 Å². The molecule has 0 atom stereocenters. The largest absolute Gasteiger partial charge is 0.497 e. The van der Waals surface area contributed by atoms with Crippen LogP contribution >= 0.6 is 23.2 Å². The topological polar surface area (TPSA) is 18.5 Å². The molecule has 2 aromatic rings. The summed E-state index contributed by atoms with van der Waals surface area (Å²) in [4.78, 5) is 0. The second-order valence-corrected chi connectivity index (χ2v) is 4.26. The molecule has 0 aliphatic heterocycles. The van der Waals surface area contributed by atoms with Crippen LogP contribution in [0, 0.1) is 0 Å². The van der Waals surface area contributed by atoms with Crippen molar-refractivity contribution in [3.8, 4) is 17.2 Å². The van der Waals surface area contributed by atoms with Gasteiger partial charge in [0.2, 0.25) is 0 Å². The minimum absolute atomic E-state index is 0.543. The molecule has 4 heteroatoms. The van der Waals surface area contributed by atoms with E-state index in [1.165, 1.54) is 0 Å². The molecule has 0 heterocycles. The van der Waals surface area contributed by atoms with Crippen LogP contribution in [0.1, 0.15) is 0 Å². The SMILES string of the molecule is COc1ccc(Oc2cc(Cl)cc(Cl)c2)cc1. The van der Waals surface area contributed by atoms with Gasteiger partial charge in [0.15, 0.2) is 0 Å². The fourth-order valence-corrected chi connectivity index (χ4v) is 1.87. The highest BCUT2D eigenvalue weighted by molar-refractivity contribution is 6.34. The lowest BCUT2D eigenvalue weighted by molar-refractivity contribution is 0.413. The summed E-state index contributed by atoms with van der Waals surface area (Å²) in [5, 5.41) is 1.09. The summed E-state index contributed by atoms with van der Waals surface area (Å²) in [5.74, 6) is 2.08. The average molecular weight is 269 g/mol. The standard InChI is InChI=1S/C13H10Cl2O2/c1-16-11-2-4-12(5-3-11)17-13-7-9(14)6-10(15)8-13/h2-8H,1H3. The normalized spacial score (nSPS) is 10.1. The van der Waals surface area contributed by atoms with Crippen LogP contribution in [0.3, 0.4) is 0 Å². The summed E-state index contributed by atoms with van der Waals surface area (Å²) >= 11 is 11.8. The van der Waals surface area contributed by atoms with E-state index in [0.717, 1.165) is 5.75 Å². The predicted octanol–water partition coefficient (Wildman–Crippen LogP) is 4.79. The molecule has 0 saturated carbocycles. The number of rotatable bonds is 3. The van der Waals surface area contributed by atoms with Crippen LogP contribution in [0.2, 0.25) is 10.0 Å². The van der Waals surface area contributed by atoms with Gasteiger partial charge in [-0.1, -0.05) is 23.2 Å². The summed E-state index contributed by atoms with van der Waals surface area (Å²) in [6.07, 6.45) is 0. The molecule has 0 bridgehead atoms. The maximum absolute atomic E-state index is 5.88. The minimum atomic E-state index is 0.543. The molecule has 17 heavy (non-hydrogen) atoms. The summed E-state index contributed by atoms with van der Waals surface area (Å²) in [7, 11) is 1.62. The molecule has 0 radical (unpaired) electrons. The quantitative estimate of drug-likeness (QED) is 0.797. The maximum Gasteiger partial charge on any atom is 0.130 e. The monoisotopic (exact) mass is 268 g/mol. The molecule has 2 aromatic carbocycles. The van der Waals surface area contributed by atoms with E-state index in [4.69, 9.17) is 32.7 Å². The van der Waals surface area contributed by atoms with Crippen molar-refractivity contribution in [2.24, 2.45) is 0 Å². The van der Waals surface area contributed by atoms with Crippen molar-refractivity contribution in [2.45, 2.75) is 0 Å². The average Bonchev–Trinajstić information content (AvgIpc) is 2.28. The third-order valence-corrected chi connectivity index (χ3v) is 2.57. The molecular weight excluding hydrogens is 259 g/mol. The Kier molecular flexibility index (Phi) is 3.77. The summed E-state index contributed by atoms with van der Waals surface area (Å²) in [6, 6.07) is 12.3. The summed E-state index contributed by atoms with van der Waals surface area (Å²) in [6.45, 7) is 0. The minimum Gasteiger partial charge on any atom is -0.497 e. The Hall–Kier alpha value is -1.38. The number of halogens is 2. The van der Waals surface area contributed by atoms with Crippen LogP contribution in [0.15, 0.2) is 42.5 Å². The molecule has 0 unspecified atom stereocenters. The van der Waals surface area contributed by atoms with Crippen molar-refractivity contribution in [2.75, 3.05) is 7.11 Å². The summed E-state index contributed by atoms with van der Waals surface area (Å²) in [5.41, 5.74) is 0. The molecule has 0 spiro atoms.